The first-order valence-corrected chi connectivity index (χ1v) is 9.00. The van der Waals surface area contributed by atoms with Crippen molar-refractivity contribution in [2.24, 2.45) is 5.92 Å². The van der Waals surface area contributed by atoms with E-state index in [1.165, 1.54) is 38.5 Å². The molecule has 1 saturated carbocycles. The van der Waals surface area contributed by atoms with Gasteiger partial charge in [0.05, 0.1) is 14.2 Å². The molecule has 1 aliphatic carbocycles. The molecule has 1 aromatic rings. The van der Waals surface area contributed by atoms with Gasteiger partial charge < -0.3 is 9.47 Å². The molecule has 1 fully saturated rings. The number of rotatable bonds is 5. The van der Waals surface area contributed by atoms with Gasteiger partial charge in [0.1, 0.15) is 0 Å². The molecule has 0 aromatic heterocycles. The zero-order valence-corrected chi connectivity index (χ0v) is 15.2. The SMILES string of the molecule is COc1cc(Cl)c(C(Br)CC2CCCCCC2)cc1OC. The van der Waals surface area contributed by atoms with E-state index in [1.807, 2.05) is 12.1 Å². The lowest BCUT2D eigenvalue weighted by Gasteiger charge is -2.20. The van der Waals surface area contributed by atoms with E-state index >= 15 is 0 Å². The normalized spacial score (nSPS) is 18.1. The molecule has 0 bridgehead atoms. The van der Waals surface area contributed by atoms with Gasteiger partial charge in [-0.15, -0.1) is 0 Å². The molecule has 1 aliphatic rings. The molecule has 1 aromatic carbocycles. The second-order valence-corrected chi connectivity index (χ2v) is 7.30. The Kier molecular flexibility index (Phi) is 6.69. The van der Waals surface area contributed by atoms with Crippen LogP contribution in [-0.4, -0.2) is 14.2 Å². The summed E-state index contributed by atoms with van der Waals surface area (Å²) >= 11 is 10.2. The molecule has 0 amide bonds. The average Bonchev–Trinajstić information content (AvgIpc) is 2.75. The van der Waals surface area contributed by atoms with Gasteiger partial charge in [0.15, 0.2) is 11.5 Å². The number of hydrogen-bond acceptors (Lipinski definition) is 2. The van der Waals surface area contributed by atoms with Crippen LogP contribution in [0.1, 0.15) is 55.3 Å². The molecular formula is C17H24BrClO2. The van der Waals surface area contributed by atoms with Crippen LogP contribution in [0.5, 0.6) is 11.5 Å². The predicted octanol–water partition coefficient (Wildman–Crippen LogP) is 6.15. The summed E-state index contributed by atoms with van der Waals surface area (Å²) in [5.41, 5.74) is 1.10. The summed E-state index contributed by atoms with van der Waals surface area (Å²) in [6.45, 7) is 0. The summed E-state index contributed by atoms with van der Waals surface area (Å²) in [5, 5.41) is 0.739. The van der Waals surface area contributed by atoms with Crippen LogP contribution in [0.4, 0.5) is 0 Å². The second kappa shape index (κ2) is 8.28. The molecule has 0 N–H and O–H groups in total. The van der Waals surface area contributed by atoms with Gasteiger partial charge in [0, 0.05) is 15.9 Å². The number of hydrogen-bond donors (Lipinski definition) is 0. The van der Waals surface area contributed by atoms with Crippen LogP contribution in [0.3, 0.4) is 0 Å². The molecule has 21 heavy (non-hydrogen) atoms. The van der Waals surface area contributed by atoms with E-state index in [9.17, 15) is 0 Å². The first-order valence-electron chi connectivity index (χ1n) is 7.71. The Morgan fingerprint density at radius 2 is 1.67 bits per heavy atom. The van der Waals surface area contributed by atoms with E-state index in [0.29, 0.717) is 5.75 Å². The van der Waals surface area contributed by atoms with Crippen molar-refractivity contribution in [1.82, 2.24) is 0 Å². The fraction of sp³-hybridized carbons (Fsp3) is 0.647. The maximum absolute atomic E-state index is 6.42. The molecule has 2 nitrogen and oxygen atoms in total. The first-order chi connectivity index (χ1) is 10.2. The average molecular weight is 376 g/mol. The summed E-state index contributed by atoms with van der Waals surface area (Å²) in [6.07, 6.45) is 9.32. The zero-order chi connectivity index (χ0) is 15.2. The molecule has 4 heteroatoms. The second-order valence-electron chi connectivity index (χ2n) is 5.79. The Morgan fingerprint density at radius 1 is 1.10 bits per heavy atom. The fourth-order valence-corrected chi connectivity index (χ4v) is 4.45. The molecule has 0 aliphatic heterocycles. The number of alkyl halides is 1. The Labute approximate surface area is 141 Å². The standard InChI is InChI=1S/C17H24BrClO2/c1-20-16-10-13(15(19)11-17(16)21-2)14(18)9-12-7-5-3-4-6-8-12/h10-12,14H,3-9H2,1-2H3. The van der Waals surface area contributed by atoms with Gasteiger partial charge in [0.2, 0.25) is 0 Å². The largest absolute Gasteiger partial charge is 0.493 e. The van der Waals surface area contributed by atoms with E-state index in [4.69, 9.17) is 21.1 Å². The molecule has 1 unspecified atom stereocenters. The third kappa shape index (κ3) is 4.53. The highest BCUT2D eigenvalue weighted by Gasteiger charge is 2.21. The molecule has 118 valence electrons. The lowest BCUT2D eigenvalue weighted by molar-refractivity contribution is 0.354. The van der Waals surface area contributed by atoms with Gasteiger partial charge in [-0.1, -0.05) is 66.1 Å². The predicted molar refractivity (Wildman–Crippen MR) is 92.0 cm³/mol. The lowest BCUT2D eigenvalue weighted by Crippen LogP contribution is -2.04. The van der Waals surface area contributed by atoms with Crippen LogP contribution in [0.25, 0.3) is 0 Å². The van der Waals surface area contributed by atoms with Crippen LogP contribution < -0.4 is 9.47 Å². The van der Waals surface area contributed by atoms with Crippen LogP contribution in [0.15, 0.2) is 12.1 Å². The number of ether oxygens (including phenoxy) is 2. The summed E-state index contributed by atoms with van der Waals surface area (Å²) < 4.78 is 10.7. The van der Waals surface area contributed by atoms with E-state index in [2.05, 4.69) is 15.9 Å². The maximum atomic E-state index is 6.42. The van der Waals surface area contributed by atoms with Crippen molar-refractivity contribution in [3.05, 3.63) is 22.7 Å². The highest BCUT2D eigenvalue weighted by molar-refractivity contribution is 9.09. The molecule has 0 radical (unpaired) electrons. The third-order valence-corrected chi connectivity index (χ3v) is 5.55. The van der Waals surface area contributed by atoms with Gasteiger partial charge in [-0.05, 0) is 24.0 Å². The van der Waals surface area contributed by atoms with E-state index in [-0.39, 0.29) is 4.83 Å². The molecule has 0 spiro atoms. The first kappa shape index (κ1) is 17.0. The van der Waals surface area contributed by atoms with Gasteiger partial charge in [0.25, 0.3) is 0 Å². The van der Waals surface area contributed by atoms with Crippen LogP contribution >= 0.6 is 27.5 Å². The van der Waals surface area contributed by atoms with Gasteiger partial charge in [-0.3, -0.25) is 0 Å². The van der Waals surface area contributed by atoms with Crippen molar-refractivity contribution in [2.45, 2.75) is 49.8 Å². The number of benzene rings is 1. The molecule has 0 saturated heterocycles. The van der Waals surface area contributed by atoms with Crippen molar-refractivity contribution >= 4 is 27.5 Å². The van der Waals surface area contributed by atoms with E-state index in [0.717, 1.165) is 28.7 Å². The fourth-order valence-electron chi connectivity index (χ4n) is 3.13. The van der Waals surface area contributed by atoms with Crippen molar-refractivity contribution in [3.63, 3.8) is 0 Å². The lowest BCUT2D eigenvalue weighted by atomic mass is 9.92. The summed E-state index contributed by atoms with van der Waals surface area (Å²) in [6, 6.07) is 3.84. The topological polar surface area (TPSA) is 18.5 Å². The van der Waals surface area contributed by atoms with Crippen LogP contribution in [-0.2, 0) is 0 Å². The molecule has 0 heterocycles. The Morgan fingerprint density at radius 3 is 2.24 bits per heavy atom. The van der Waals surface area contributed by atoms with E-state index < -0.39 is 0 Å². The minimum absolute atomic E-state index is 0.271. The smallest absolute Gasteiger partial charge is 0.162 e. The Bertz CT molecular complexity index is 456. The van der Waals surface area contributed by atoms with Crippen LogP contribution in [0.2, 0.25) is 5.02 Å². The quantitative estimate of drug-likeness (QED) is 0.453. The van der Waals surface area contributed by atoms with Gasteiger partial charge in [-0.25, -0.2) is 0 Å². The van der Waals surface area contributed by atoms with Crippen molar-refractivity contribution in [3.8, 4) is 11.5 Å². The third-order valence-electron chi connectivity index (χ3n) is 4.36. The molecule has 2 rings (SSSR count). The highest BCUT2D eigenvalue weighted by atomic mass is 79.9. The summed E-state index contributed by atoms with van der Waals surface area (Å²) in [4.78, 5) is 0.271. The minimum Gasteiger partial charge on any atom is -0.493 e. The number of halogens is 2. The molecular weight excluding hydrogens is 352 g/mol. The Balaban J connectivity index is 2.12. The van der Waals surface area contributed by atoms with Gasteiger partial charge in [-0.2, -0.15) is 0 Å². The highest BCUT2D eigenvalue weighted by Crippen LogP contribution is 2.42. The zero-order valence-electron chi connectivity index (χ0n) is 12.8. The van der Waals surface area contributed by atoms with Crippen LogP contribution in [0, 0.1) is 5.92 Å². The summed E-state index contributed by atoms with van der Waals surface area (Å²) in [5.74, 6) is 2.21. The Hall–Kier alpha value is -0.410. The maximum Gasteiger partial charge on any atom is 0.162 e. The number of methoxy groups -OCH3 is 2. The van der Waals surface area contributed by atoms with Crippen molar-refractivity contribution < 1.29 is 9.47 Å². The van der Waals surface area contributed by atoms with Gasteiger partial charge >= 0.3 is 0 Å². The molecule has 1 atom stereocenters. The van der Waals surface area contributed by atoms with Crippen molar-refractivity contribution in [1.29, 1.82) is 0 Å². The summed E-state index contributed by atoms with van der Waals surface area (Å²) in [7, 11) is 3.29. The van der Waals surface area contributed by atoms with Crippen molar-refractivity contribution in [2.75, 3.05) is 14.2 Å². The minimum atomic E-state index is 0.271. The monoisotopic (exact) mass is 374 g/mol. The van der Waals surface area contributed by atoms with E-state index in [1.54, 1.807) is 14.2 Å².